The summed E-state index contributed by atoms with van der Waals surface area (Å²) in [5.74, 6) is -0.217. The molecule has 168 valence electrons. The van der Waals surface area contributed by atoms with Gasteiger partial charge in [0.2, 0.25) is 0 Å². The molecule has 0 radical (unpaired) electrons. The molecule has 1 saturated carbocycles. The minimum Gasteiger partial charge on any atom is -0.352 e. The Morgan fingerprint density at radius 1 is 1.22 bits per heavy atom. The number of fused-ring (bicyclic) bond motifs is 2. The highest BCUT2D eigenvalue weighted by Crippen LogP contribution is 2.46. The zero-order valence-corrected chi connectivity index (χ0v) is 19.0. The second-order valence-corrected chi connectivity index (χ2v) is 10.3. The van der Waals surface area contributed by atoms with Crippen molar-refractivity contribution in [1.82, 2.24) is 13.9 Å². The second kappa shape index (κ2) is 7.43. The third kappa shape index (κ3) is 3.42. The molecule has 3 aromatic rings. The monoisotopic (exact) mass is 477 g/mol. The summed E-state index contributed by atoms with van der Waals surface area (Å²) in [7, 11) is -2.19. The Hall–Kier alpha value is -2.69. The Labute approximate surface area is 189 Å². The zero-order chi connectivity index (χ0) is 22.8. The molecule has 32 heavy (non-hydrogen) atoms. The lowest BCUT2D eigenvalue weighted by Gasteiger charge is -2.21. The smallest absolute Gasteiger partial charge is 0.301 e. The van der Waals surface area contributed by atoms with Gasteiger partial charge in [0.25, 0.3) is 5.56 Å². The van der Waals surface area contributed by atoms with Crippen LogP contribution in [0.2, 0.25) is 5.02 Å². The van der Waals surface area contributed by atoms with Crippen molar-refractivity contribution in [2.75, 3.05) is 16.6 Å². The molecule has 1 saturated heterocycles. The van der Waals surface area contributed by atoms with Crippen molar-refractivity contribution < 1.29 is 12.8 Å². The minimum absolute atomic E-state index is 0.0424. The average Bonchev–Trinajstić information content (AvgIpc) is 3.39. The Morgan fingerprint density at radius 2 is 1.97 bits per heavy atom. The molecule has 5 rings (SSSR count). The summed E-state index contributed by atoms with van der Waals surface area (Å²) in [6, 6.07) is 5.82. The largest absolute Gasteiger partial charge is 0.352 e. The van der Waals surface area contributed by atoms with Gasteiger partial charge in [0.15, 0.2) is 0 Å². The van der Waals surface area contributed by atoms with Crippen LogP contribution < -0.4 is 15.6 Å². The molecule has 0 spiro atoms. The molecule has 2 heterocycles. The van der Waals surface area contributed by atoms with Gasteiger partial charge in [0, 0.05) is 25.3 Å². The van der Waals surface area contributed by atoms with Crippen LogP contribution in [0.5, 0.6) is 0 Å². The van der Waals surface area contributed by atoms with Crippen molar-refractivity contribution in [3.63, 3.8) is 0 Å². The van der Waals surface area contributed by atoms with Gasteiger partial charge >= 0.3 is 10.2 Å². The van der Waals surface area contributed by atoms with Crippen molar-refractivity contribution in [1.29, 1.82) is 0 Å². The van der Waals surface area contributed by atoms with E-state index in [0.717, 1.165) is 18.9 Å². The Morgan fingerprint density at radius 3 is 2.66 bits per heavy atom. The van der Waals surface area contributed by atoms with Gasteiger partial charge in [-0.3, -0.25) is 9.52 Å². The molecule has 2 aliphatic rings. The molecule has 2 atom stereocenters. The van der Waals surface area contributed by atoms with E-state index in [1.807, 2.05) is 0 Å². The summed E-state index contributed by atoms with van der Waals surface area (Å²) in [4.78, 5) is 16.8. The topological polar surface area (TPSA) is 96.3 Å². The number of aryl methyl sites for hydroxylation is 2. The van der Waals surface area contributed by atoms with Crippen LogP contribution in [0.3, 0.4) is 0 Å². The van der Waals surface area contributed by atoms with Crippen LogP contribution in [0.4, 0.5) is 21.5 Å². The lowest BCUT2D eigenvalue weighted by Crippen LogP contribution is -2.35. The fraction of sp³-hybridized carbons (Fsp3) is 0.333. The van der Waals surface area contributed by atoms with Gasteiger partial charge in [0.1, 0.15) is 5.82 Å². The predicted octanol–water partition coefficient (Wildman–Crippen LogP) is 3.53. The predicted molar refractivity (Wildman–Crippen MR) is 122 cm³/mol. The first-order valence-corrected chi connectivity index (χ1v) is 12.0. The van der Waals surface area contributed by atoms with Crippen LogP contribution in [0.1, 0.15) is 18.4 Å². The highest BCUT2D eigenvalue weighted by molar-refractivity contribution is 7.90. The summed E-state index contributed by atoms with van der Waals surface area (Å²) in [5, 5.41) is 3.23. The molecule has 1 unspecified atom stereocenters. The number of aromatic nitrogens is 2. The quantitative estimate of drug-likeness (QED) is 0.586. The van der Waals surface area contributed by atoms with E-state index < -0.39 is 16.0 Å². The summed E-state index contributed by atoms with van der Waals surface area (Å²) >= 11 is 6.42. The first-order valence-electron chi connectivity index (χ1n) is 10.2. The van der Waals surface area contributed by atoms with Crippen molar-refractivity contribution in [3.8, 4) is 0 Å². The lowest BCUT2D eigenvalue weighted by atomic mass is 10.1. The number of piperidine rings is 1. The van der Waals surface area contributed by atoms with Gasteiger partial charge in [-0.05, 0) is 55.5 Å². The number of halogens is 2. The third-order valence-corrected chi connectivity index (χ3v) is 8.16. The van der Waals surface area contributed by atoms with E-state index >= 15 is 0 Å². The van der Waals surface area contributed by atoms with Gasteiger partial charge in [-0.15, -0.1) is 0 Å². The Kier molecular flexibility index (Phi) is 4.92. The molecular weight excluding hydrogens is 457 g/mol. The maximum atomic E-state index is 14.7. The fourth-order valence-electron chi connectivity index (χ4n) is 4.32. The van der Waals surface area contributed by atoms with E-state index in [1.54, 1.807) is 26.1 Å². The highest BCUT2D eigenvalue weighted by atomic mass is 35.5. The molecule has 8 nitrogen and oxygen atoms in total. The summed E-state index contributed by atoms with van der Waals surface area (Å²) in [5.41, 5.74) is 1.33. The van der Waals surface area contributed by atoms with Crippen molar-refractivity contribution >= 4 is 49.8 Å². The molecular formula is C21H21ClFN5O3S. The number of nitrogens with zero attached hydrogens (tertiary/aromatic N) is 3. The summed E-state index contributed by atoms with van der Waals surface area (Å²) < 4.78 is 45.6. The number of hydrogen-bond acceptors (Lipinski definition) is 5. The van der Waals surface area contributed by atoms with Crippen LogP contribution >= 0.6 is 11.6 Å². The first kappa shape index (κ1) is 21.2. The molecule has 0 amide bonds. The molecule has 1 aromatic heterocycles. The van der Waals surface area contributed by atoms with Crippen molar-refractivity contribution in [2.24, 2.45) is 13.0 Å². The number of hydrogen-bond donors (Lipinski definition) is 2. The maximum absolute atomic E-state index is 14.7. The normalized spacial score (nSPS) is 20.4. The van der Waals surface area contributed by atoms with Gasteiger partial charge in [-0.2, -0.15) is 12.7 Å². The van der Waals surface area contributed by atoms with E-state index in [-0.39, 0.29) is 28.0 Å². The summed E-state index contributed by atoms with van der Waals surface area (Å²) in [6.45, 7) is 2.19. The average molecular weight is 478 g/mol. The van der Waals surface area contributed by atoms with Crippen LogP contribution in [0.15, 0.2) is 35.4 Å². The van der Waals surface area contributed by atoms with Crippen LogP contribution in [0, 0.1) is 18.7 Å². The van der Waals surface area contributed by atoms with Crippen molar-refractivity contribution in [3.05, 3.63) is 57.3 Å². The zero-order valence-electron chi connectivity index (χ0n) is 17.4. The number of anilines is 3. The second-order valence-electron chi connectivity index (χ2n) is 8.27. The molecule has 2 aromatic carbocycles. The number of nitrogens with one attached hydrogen (secondary N) is 2. The number of benzene rings is 2. The number of rotatable bonds is 5. The van der Waals surface area contributed by atoms with Gasteiger partial charge in [-0.25, -0.2) is 9.37 Å². The van der Waals surface area contributed by atoms with Crippen molar-refractivity contribution in [2.45, 2.75) is 25.8 Å². The SMILES string of the molecule is Cc1c(Nc2c(F)ccc(NS(=O)(=O)N3CCC4C[C@@H]43)c2Cl)ccc2ncn(C)c(=O)c12. The third-order valence-electron chi connectivity index (χ3n) is 6.22. The Bertz CT molecular complexity index is 1430. The molecule has 2 N–H and O–H groups in total. The van der Waals surface area contributed by atoms with E-state index in [9.17, 15) is 17.6 Å². The standard InChI is InChI=1S/C21H21ClFN5O3S/c1-11-14(5-6-15-18(11)21(29)27(2)10-24-15)25-20-13(23)3-4-16(19(20)22)26-32(30,31)28-8-7-12-9-17(12)28/h3-6,10,12,17,25-26H,7-9H2,1-2H3/t12?,17-/m0/s1. The van der Waals surface area contributed by atoms with Crippen LogP contribution in [0.25, 0.3) is 10.9 Å². The van der Waals surface area contributed by atoms with Gasteiger partial charge < -0.3 is 9.88 Å². The minimum atomic E-state index is -3.80. The lowest BCUT2D eigenvalue weighted by molar-refractivity contribution is 0.447. The molecule has 2 fully saturated rings. The van der Waals surface area contributed by atoms with Crippen LogP contribution in [-0.4, -0.2) is 34.9 Å². The van der Waals surface area contributed by atoms with Gasteiger partial charge in [0.05, 0.1) is 33.6 Å². The molecule has 1 aliphatic carbocycles. The van der Waals surface area contributed by atoms with Crippen LogP contribution in [-0.2, 0) is 17.3 Å². The van der Waals surface area contributed by atoms with E-state index in [2.05, 4.69) is 15.0 Å². The molecule has 11 heteroatoms. The Balaban J connectivity index is 1.50. The fourth-order valence-corrected chi connectivity index (χ4v) is 6.15. The summed E-state index contributed by atoms with van der Waals surface area (Å²) in [6.07, 6.45) is 3.17. The molecule has 1 aliphatic heterocycles. The van der Waals surface area contributed by atoms with E-state index in [4.69, 9.17) is 11.6 Å². The van der Waals surface area contributed by atoms with E-state index in [0.29, 0.717) is 34.6 Å². The first-order chi connectivity index (χ1) is 15.2. The van der Waals surface area contributed by atoms with E-state index in [1.165, 1.54) is 21.3 Å². The maximum Gasteiger partial charge on any atom is 0.301 e. The molecule has 0 bridgehead atoms. The highest BCUT2D eigenvalue weighted by Gasteiger charge is 2.51. The van der Waals surface area contributed by atoms with Gasteiger partial charge in [-0.1, -0.05) is 11.6 Å².